The number of hydrogen-bond donors (Lipinski definition) is 2. The molecule has 1 aliphatic rings. The number of carboxylic acids is 1. The van der Waals surface area contributed by atoms with E-state index in [0.717, 1.165) is 11.1 Å². The number of carboxylic acid groups (broad SMARTS) is 1. The lowest BCUT2D eigenvalue weighted by molar-refractivity contribution is -0.142. The molecule has 2 N–H and O–H groups in total. The second-order valence-corrected chi connectivity index (χ2v) is 6.10. The van der Waals surface area contributed by atoms with E-state index in [1.54, 1.807) is 18.2 Å². The Bertz CT molecular complexity index is 717. The molecule has 3 rings (SSSR count). The molecule has 1 unspecified atom stereocenters. The highest BCUT2D eigenvalue weighted by atomic mass is 35.5. The molecule has 21 heavy (non-hydrogen) atoms. The van der Waals surface area contributed by atoms with Gasteiger partial charge in [-0.1, -0.05) is 41.4 Å². The average molecular weight is 322 g/mol. The van der Waals surface area contributed by atoms with Crippen LogP contribution in [0.15, 0.2) is 42.5 Å². The first-order valence-electron chi connectivity index (χ1n) is 6.54. The van der Waals surface area contributed by atoms with Gasteiger partial charge in [0.05, 0.1) is 10.7 Å². The number of carbonyl (C=O) groups is 1. The number of fused-ring (bicyclic) bond motifs is 1. The normalized spacial score (nSPS) is 20.1. The van der Waals surface area contributed by atoms with Crippen LogP contribution in [0.1, 0.15) is 11.1 Å². The first-order valence-corrected chi connectivity index (χ1v) is 7.29. The van der Waals surface area contributed by atoms with Crippen LogP contribution >= 0.6 is 23.2 Å². The van der Waals surface area contributed by atoms with Crippen LogP contribution in [0.3, 0.4) is 0 Å². The topological polar surface area (TPSA) is 49.3 Å². The van der Waals surface area contributed by atoms with Crippen molar-refractivity contribution in [3.05, 3.63) is 63.6 Å². The van der Waals surface area contributed by atoms with Crippen LogP contribution in [0.25, 0.3) is 0 Å². The first kappa shape index (κ1) is 14.2. The van der Waals surface area contributed by atoms with Gasteiger partial charge >= 0.3 is 5.97 Å². The van der Waals surface area contributed by atoms with Gasteiger partial charge in [-0.25, -0.2) is 4.79 Å². The highest BCUT2D eigenvalue weighted by Gasteiger charge is 2.44. The van der Waals surface area contributed by atoms with E-state index in [0.29, 0.717) is 28.6 Å². The van der Waals surface area contributed by atoms with Crippen molar-refractivity contribution in [3.63, 3.8) is 0 Å². The summed E-state index contributed by atoms with van der Waals surface area (Å²) in [4.78, 5) is 11.9. The van der Waals surface area contributed by atoms with Gasteiger partial charge in [0.15, 0.2) is 0 Å². The smallest absolute Gasteiger partial charge is 0.330 e. The monoisotopic (exact) mass is 321 g/mol. The summed E-state index contributed by atoms with van der Waals surface area (Å²) in [6.07, 6.45) is 0.781. The highest BCUT2D eigenvalue weighted by molar-refractivity contribution is 6.33. The summed E-state index contributed by atoms with van der Waals surface area (Å²) in [6.45, 7) is 0. The molecule has 5 heteroatoms. The molecule has 0 heterocycles. The third kappa shape index (κ3) is 2.59. The maximum atomic E-state index is 11.9. The van der Waals surface area contributed by atoms with Gasteiger partial charge in [0, 0.05) is 17.9 Å². The third-order valence-electron chi connectivity index (χ3n) is 3.81. The second kappa shape index (κ2) is 5.24. The van der Waals surface area contributed by atoms with Crippen LogP contribution in [0, 0.1) is 0 Å². The summed E-state index contributed by atoms with van der Waals surface area (Å²) in [5.41, 5.74) is 1.50. The summed E-state index contributed by atoms with van der Waals surface area (Å²) in [6, 6.07) is 12.6. The van der Waals surface area contributed by atoms with E-state index in [2.05, 4.69) is 5.32 Å². The molecule has 0 radical (unpaired) electrons. The van der Waals surface area contributed by atoms with Crippen LogP contribution in [0.4, 0.5) is 5.69 Å². The summed E-state index contributed by atoms with van der Waals surface area (Å²) in [7, 11) is 0. The third-order valence-corrected chi connectivity index (χ3v) is 4.37. The van der Waals surface area contributed by atoms with Crippen molar-refractivity contribution in [2.24, 2.45) is 0 Å². The number of aliphatic carboxylic acids is 1. The van der Waals surface area contributed by atoms with Crippen LogP contribution in [-0.2, 0) is 17.6 Å². The number of anilines is 1. The fourth-order valence-electron chi connectivity index (χ4n) is 2.76. The lowest BCUT2D eigenvalue weighted by atomic mass is 9.95. The lowest BCUT2D eigenvalue weighted by Gasteiger charge is -2.27. The minimum atomic E-state index is -1.09. The molecule has 0 saturated heterocycles. The van der Waals surface area contributed by atoms with Gasteiger partial charge in [-0.2, -0.15) is 0 Å². The molecule has 0 aliphatic heterocycles. The lowest BCUT2D eigenvalue weighted by Crippen LogP contribution is -2.47. The SMILES string of the molecule is O=C(O)C1(Nc2ccccc2Cl)Cc2ccc(Cl)cc2C1. The molecule has 2 aromatic carbocycles. The second-order valence-electron chi connectivity index (χ2n) is 5.26. The van der Waals surface area contributed by atoms with Crippen LogP contribution in [0.2, 0.25) is 10.0 Å². The quantitative estimate of drug-likeness (QED) is 0.897. The van der Waals surface area contributed by atoms with Gasteiger partial charge < -0.3 is 10.4 Å². The van der Waals surface area contributed by atoms with E-state index in [-0.39, 0.29) is 0 Å². The highest BCUT2D eigenvalue weighted by Crippen LogP contribution is 2.36. The molecule has 1 aliphatic carbocycles. The summed E-state index contributed by atoms with van der Waals surface area (Å²) >= 11 is 12.1. The Kier molecular flexibility index (Phi) is 3.56. The molecule has 1 atom stereocenters. The van der Waals surface area contributed by atoms with Gasteiger partial charge in [-0.05, 0) is 35.4 Å². The molecule has 108 valence electrons. The number of benzene rings is 2. The average Bonchev–Trinajstić information content (AvgIpc) is 2.80. The van der Waals surface area contributed by atoms with Gasteiger partial charge in [-0.15, -0.1) is 0 Å². The van der Waals surface area contributed by atoms with Crippen LogP contribution in [0.5, 0.6) is 0 Å². The standard InChI is InChI=1S/C16H13Cl2NO2/c17-12-6-5-10-8-16(15(20)21,9-11(10)7-12)19-14-4-2-1-3-13(14)18/h1-7,19H,8-9H2,(H,20,21). The van der Waals surface area contributed by atoms with E-state index in [9.17, 15) is 9.90 Å². The van der Waals surface area contributed by atoms with Crippen molar-refractivity contribution in [3.8, 4) is 0 Å². The molecule has 0 bridgehead atoms. The van der Waals surface area contributed by atoms with Crippen LogP contribution < -0.4 is 5.32 Å². The number of nitrogens with one attached hydrogen (secondary N) is 1. The molecule has 0 spiro atoms. The van der Waals surface area contributed by atoms with E-state index in [4.69, 9.17) is 23.2 Å². The predicted molar refractivity (Wildman–Crippen MR) is 84.3 cm³/mol. The van der Waals surface area contributed by atoms with Crippen molar-refractivity contribution < 1.29 is 9.90 Å². The molecular weight excluding hydrogens is 309 g/mol. The van der Waals surface area contributed by atoms with Crippen molar-refractivity contribution >= 4 is 34.9 Å². The van der Waals surface area contributed by atoms with E-state index in [1.807, 2.05) is 24.3 Å². The Hall–Kier alpha value is -1.71. The molecule has 0 fully saturated rings. The zero-order valence-corrected chi connectivity index (χ0v) is 12.6. The van der Waals surface area contributed by atoms with E-state index in [1.165, 1.54) is 0 Å². The minimum Gasteiger partial charge on any atom is -0.479 e. The fourth-order valence-corrected chi connectivity index (χ4v) is 3.14. The fraction of sp³-hybridized carbons (Fsp3) is 0.188. The largest absolute Gasteiger partial charge is 0.479 e. The van der Waals surface area contributed by atoms with Crippen molar-refractivity contribution in [1.82, 2.24) is 0 Å². The van der Waals surface area contributed by atoms with Crippen molar-refractivity contribution in [2.45, 2.75) is 18.4 Å². The molecule has 3 nitrogen and oxygen atoms in total. The Morgan fingerprint density at radius 2 is 1.81 bits per heavy atom. The van der Waals surface area contributed by atoms with Crippen molar-refractivity contribution in [2.75, 3.05) is 5.32 Å². The molecule has 2 aromatic rings. The Morgan fingerprint density at radius 3 is 2.52 bits per heavy atom. The van der Waals surface area contributed by atoms with Gasteiger partial charge in [0.1, 0.15) is 5.54 Å². The minimum absolute atomic E-state index is 0.378. The van der Waals surface area contributed by atoms with E-state index >= 15 is 0 Å². The summed E-state index contributed by atoms with van der Waals surface area (Å²) in [5.74, 6) is -0.894. The van der Waals surface area contributed by atoms with E-state index < -0.39 is 11.5 Å². The number of para-hydroxylation sites is 1. The predicted octanol–water partition coefficient (Wildman–Crippen LogP) is 4.03. The Balaban J connectivity index is 1.97. The molecular formula is C16H13Cl2NO2. The van der Waals surface area contributed by atoms with Gasteiger partial charge in [-0.3, -0.25) is 0 Å². The number of rotatable bonds is 3. The van der Waals surface area contributed by atoms with Gasteiger partial charge in [0.2, 0.25) is 0 Å². The zero-order chi connectivity index (χ0) is 15.0. The Morgan fingerprint density at radius 1 is 1.10 bits per heavy atom. The van der Waals surface area contributed by atoms with Crippen LogP contribution in [-0.4, -0.2) is 16.6 Å². The number of halogens is 2. The Labute approximate surface area is 132 Å². The summed E-state index contributed by atoms with van der Waals surface area (Å²) < 4.78 is 0. The maximum Gasteiger partial charge on any atom is 0.330 e. The molecule has 0 saturated carbocycles. The zero-order valence-electron chi connectivity index (χ0n) is 11.1. The van der Waals surface area contributed by atoms with Crippen molar-refractivity contribution in [1.29, 1.82) is 0 Å². The molecule has 0 amide bonds. The summed E-state index contributed by atoms with van der Waals surface area (Å²) in [5, 5.41) is 14.0. The van der Waals surface area contributed by atoms with Gasteiger partial charge in [0.25, 0.3) is 0 Å². The maximum absolute atomic E-state index is 11.9. The molecule has 0 aromatic heterocycles. The first-order chi connectivity index (χ1) is 10.00. The number of hydrogen-bond acceptors (Lipinski definition) is 2.